The van der Waals surface area contributed by atoms with Gasteiger partial charge in [0.1, 0.15) is 4.60 Å². The van der Waals surface area contributed by atoms with Gasteiger partial charge in [-0.3, -0.25) is 4.79 Å². The maximum absolute atomic E-state index is 12.0. The van der Waals surface area contributed by atoms with Gasteiger partial charge in [-0.1, -0.05) is 38.1 Å². The molecule has 3 nitrogen and oxygen atoms in total. The van der Waals surface area contributed by atoms with Crippen LogP contribution in [0, 0.1) is 0 Å². The quantitative estimate of drug-likeness (QED) is 0.863. The molecule has 0 aliphatic rings. The molecule has 104 valence electrons. The molecule has 0 saturated carbocycles. The van der Waals surface area contributed by atoms with Crippen molar-refractivity contribution in [3.05, 3.63) is 63.9 Å². The number of benzene rings is 1. The highest BCUT2D eigenvalue weighted by atomic mass is 79.9. The van der Waals surface area contributed by atoms with Crippen LogP contribution in [0.4, 0.5) is 0 Å². The molecule has 4 heteroatoms. The first kappa shape index (κ1) is 14.7. The van der Waals surface area contributed by atoms with Crippen molar-refractivity contribution in [1.82, 2.24) is 10.3 Å². The van der Waals surface area contributed by atoms with Crippen molar-refractivity contribution in [2.45, 2.75) is 26.3 Å². The van der Waals surface area contributed by atoms with Gasteiger partial charge in [-0.25, -0.2) is 4.98 Å². The van der Waals surface area contributed by atoms with Crippen LogP contribution in [0.1, 0.15) is 41.3 Å². The SMILES string of the molecule is CC(C)c1ccc(CNC(=O)c2ccnc(Br)c2)cc1. The van der Waals surface area contributed by atoms with E-state index in [2.05, 4.69) is 64.3 Å². The Bertz CT molecular complexity index is 594. The van der Waals surface area contributed by atoms with Gasteiger partial charge in [-0.2, -0.15) is 0 Å². The second kappa shape index (κ2) is 6.66. The Hall–Kier alpha value is -1.68. The van der Waals surface area contributed by atoms with Gasteiger partial charge in [0.15, 0.2) is 0 Å². The summed E-state index contributed by atoms with van der Waals surface area (Å²) < 4.78 is 0.659. The molecule has 0 atom stereocenters. The number of pyridine rings is 1. The number of rotatable bonds is 4. The number of hydrogen-bond donors (Lipinski definition) is 1. The van der Waals surface area contributed by atoms with Crippen LogP contribution in [0.25, 0.3) is 0 Å². The van der Waals surface area contributed by atoms with Crippen LogP contribution in [0.2, 0.25) is 0 Å². The van der Waals surface area contributed by atoms with Gasteiger partial charge in [-0.15, -0.1) is 0 Å². The van der Waals surface area contributed by atoms with E-state index in [4.69, 9.17) is 0 Å². The maximum atomic E-state index is 12.0. The Labute approximate surface area is 127 Å². The molecule has 1 N–H and O–H groups in total. The van der Waals surface area contributed by atoms with Crippen LogP contribution >= 0.6 is 15.9 Å². The Morgan fingerprint density at radius 3 is 2.55 bits per heavy atom. The molecule has 0 spiro atoms. The summed E-state index contributed by atoms with van der Waals surface area (Å²) in [4.78, 5) is 16.0. The molecular weight excluding hydrogens is 316 g/mol. The second-order valence-corrected chi connectivity index (χ2v) is 5.76. The number of nitrogens with zero attached hydrogens (tertiary/aromatic N) is 1. The lowest BCUT2D eigenvalue weighted by atomic mass is 10.0. The molecule has 1 aromatic carbocycles. The highest BCUT2D eigenvalue weighted by Gasteiger charge is 2.06. The largest absolute Gasteiger partial charge is 0.348 e. The molecule has 0 radical (unpaired) electrons. The van der Waals surface area contributed by atoms with Gasteiger partial charge in [0.05, 0.1) is 0 Å². The topological polar surface area (TPSA) is 42.0 Å². The first-order chi connectivity index (χ1) is 9.56. The van der Waals surface area contributed by atoms with Crippen molar-refractivity contribution in [3.63, 3.8) is 0 Å². The zero-order valence-electron chi connectivity index (χ0n) is 11.6. The zero-order chi connectivity index (χ0) is 14.5. The molecule has 0 saturated heterocycles. The van der Waals surface area contributed by atoms with E-state index in [1.807, 2.05) is 0 Å². The van der Waals surface area contributed by atoms with Crippen LogP contribution in [0.5, 0.6) is 0 Å². The van der Waals surface area contributed by atoms with E-state index in [0.29, 0.717) is 22.6 Å². The molecule has 0 aliphatic carbocycles. The van der Waals surface area contributed by atoms with Crippen LogP contribution in [-0.4, -0.2) is 10.9 Å². The molecule has 1 aromatic heterocycles. The van der Waals surface area contributed by atoms with Crippen molar-refractivity contribution in [2.75, 3.05) is 0 Å². The fourth-order valence-corrected chi connectivity index (χ4v) is 2.21. The van der Waals surface area contributed by atoms with Gasteiger partial charge in [-0.05, 0) is 45.1 Å². The lowest BCUT2D eigenvalue weighted by molar-refractivity contribution is 0.0950. The predicted molar refractivity (Wildman–Crippen MR) is 83.6 cm³/mol. The molecule has 2 aromatic rings. The summed E-state index contributed by atoms with van der Waals surface area (Å²) in [6.07, 6.45) is 1.61. The summed E-state index contributed by atoms with van der Waals surface area (Å²) in [7, 11) is 0. The summed E-state index contributed by atoms with van der Waals surface area (Å²) in [5.74, 6) is 0.425. The summed E-state index contributed by atoms with van der Waals surface area (Å²) in [6, 6.07) is 11.7. The van der Waals surface area contributed by atoms with Gasteiger partial charge < -0.3 is 5.32 Å². The second-order valence-electron chi connectivity index (χ2n) is 4.95. The number of aromatic nitrogens is 1. The fraction of sp³-hybridized carbons (Fsp3) is 0.250. The Balaban J connectivity index is 1.96. The number of hydrogen-bond acceptors (Lipinski definition) is 2. The molecule has 0 bridgehead atoms. The summed E-state index contributed by atoms with van der Waals surface area (Å²) >= 11 is 3.26. The minimum atomic E-state index is -0.0963. The standard InChI is InChI=1S/C16H17BrN2O/c1-11(2)13-5-3-12(4-6-13)10-19-16(20)14-7-8-18-15(17)9-14/h3-9,11H,10H2,1-2H3,(H,19,20). The Morgan fingerprint density at radius 1 is 1.25 bits per heavy atom. The third-order valence-corrected chi connectivity index (χ3v) is 3.52. The predicted octanol–water partition coefficient (Wildman–Crippen LogP) is 3.90. The van der Waals surface area contributed by atoms with Gasteiger partial charge in [0.2, 0.25) is 0 Å². The first-order valence-corrected chi connectivity index (χ1v) is 7.34. The zero-order valence-corrected chi connectivity index (χ0v) is 13.1. The van der Waals surface area contributed by atoms with Gasteiger partial charge >= 0.3 is 0 Å². The van der Waals surface area contributed by atoms with E-state index in [-0.39, 0.29) is 5.91 Å². The summed E-state index contributed by atoms with van der Waals surface area (Å²) in [6.45, 7) is 4.85. The average molecular weight is 333 g/mol. The van der Waals surface area contributed by atoms with E-state index < -0.39 is 0 Å². The molecule has 0 aliphatic heterocycles. The molecule has 20 heavy (non-hydrogen) atoms. The number of halogens is 1. The molecular formula is C16H17BrN2O. The number of carbonyl (C=O) groups excluding carboxylic acids is 1. The lowest BCUT2D eigenvalue weighted by Gasteiger charge is -2.08. The number of carbonyl (C=O) groups is 1. The average Bonchev–Trinajstić information content (AvgIpc) is 2.45. The molecule has 2 rings (SSSR count). The fourth-order valence-electron chi connectivity index (χ4n) is 1.85. The van der Waals surface area contributed by atoms with Crippen molar-refractivity contribution < 1.29 is 4.79 Å². The highest BCUT2D eigenvalue weighted by molar-refractivity contribution is 9.10. The van der Waals surface area contributed by atoms with Gasteiger partial charge in [0, 0.05) is 18.3 Å². The Kier molecular flexibility index (Phi) is 4.90. The van der Waals surface area contributed by atoms with E-state index in [1.165, 1.54) is 5.56 Å². The number of nitrogens with one attached hydrogen (secondary N) is 1. The van der Waals surface area contributed by atoms with Crippen molar-refractivity contribution in [3.8, 4) is 0 Å². The Morgan fingerprint density at radius 2 is 1.95 bits per heavy atom. The maximum Gasteiger partial charge on any atom is 0.251 e. The van der Waals surface area contributed by atoms with Crippen LogP contribution in [0.15, 0.2) is 47.2 Å². The smallest absolute Gasteiger partial charge is 0.251 e. The van der Waals surface area contributed by atoms with Crippen molar-refractivity contribution in [1.29, 1.82) is 0 Å². The van der Waals surface area contributed by atoms with Gasteiger partial charge in [0.25, 0.3) is 5.91 Å². The molecule has 1 heterocycles. The van der Waals surface area contributed by atoms with Crippen LogP contribution in [-0.2, 0) is 6.54 Å². The third-order valence-electron chi connectivity index (χ3n) is 3.09. The van der Waals surface area contributed by atoms with Crippen molar-refractivity contribution in [2.24, 2.45) is 0 Å². The minimum absolute atomic E-state index is 0.0963. The minimum Gasteiger partial charge on any atom is -0.348 e. The normalized spacial score (nSPS) is 10.6. The molecule has 0 unspecified atom stereocenters. The van der Waals surface area contributed by atoms with Crippen molar-refractivity contribution >= 4 is 21.8 Å². The van der Waals surface area contributed by atoms with E-state index in [0.717, 1.165) is 5.56 Å². The highest BCUT2D eigenvalue weighted by Crippen LogP contribution is 2.14. The first-order valence-electron chi connectivity index (χ1n) is 6.55. The van der Waals surface area contributed by atoms with Crippen LogP contribution < -0.4 is 5.32 Å². The third kappa shape index (κ3) is 3.90. The van der Waals surface area contributed by atoms with E-state index >= 15 is 0 Å². The summed E-state index contributed by atoms with van der Waals surface area (Å²) in [5.41, 5.74) is 3.00. The summed E-state index contributed by atoms with van der Waals surface area (Å²) in [5, 5.41) is 2.90. The lowest BCUT2D eigenvalue weighted by Crippen LogP contribution is -2.22. The van der Waals surface area contributed by atoms with E-state index in [1.54, 1.807) is 18.3 Å². The molecule has 1 amide bonds. The van der Waals surface area contributed by atoms with Crippen LogP contribution in [0.3, 0.4) is 0 Å². The monoisotopic (exact) mass is 332 g/mol. The van der Waals surface area contributed by atoms with E-state index in [9.17, 15) is 4.79 Å². The number of amides is 1. The molecule has 0 fully saturated rings.